The number of thiazole rings is 1. The van der Waals surface area contributed by atoms with Crippen LogP contribution in [0.3, 0.4) is 0 Å². The van der Waals surface area contributed by atoms with Crippen molar-refractivity contribution in [3.63, 3.8) is 0 Å². The van der Waals surface area contributed by atoms with Crippen LogP contribution < -0.4 is 4.90 Å². The lowest BCUT2D eigenvalue weighted by molar-refractivity contribution is 0.0701. The van der Waals surface area contributed by atoms with Gasteiger partial charge in [0, 0.05) is 13.1 Å². The number of rotatable bonds is 2. The second-order valence-electron chi connectivity index (χ2n) is 5.07. The Bertz CT molecular complexity index is 445. The van der Waals surface area contributed by atoms with Crippen molar-refractivity contribution in [1.29, 1.82) is 0 Å². The third-order valence-corrected chi connectivity index (χ3v) is 5.18. The minimum absolute atomic E-state index is 0.386. The largest absolute Gasteiger partial charge is 0.477 e. The molecule has 0 amide bonds. The van der Waals surface area contributed by atoms with E-state index in [1.54, 1.807) is 6.92 Å². The van der Waals surface area contributed by atoms with Gasteiger partial charge in [-0.05, 0) is 31.6 Å². The molecule has 1 saturated heterocycles. The van der Waals surface area contributed by atoms with Crippen LogP contribution in [0.25, 0.3) is 0 Å². The van der Waals surface area contributed by atoms with Crippen LogP contribution in [0.5, 0.6) is 0 Å². The van der Waals surface area contributed by atoms with Crippen LogP contribution in [0.4, 0.5) is 5.13 Å². The van der Waals surface area contributed by atoms with Crippen molar-refractivity contribution in [3.05, 3.63) is 10.6 Å². The van der Waals surface area contributed by atoms with Gasteiger partial charge in [-0.1, -0.05) is 17.8 Å². The predicted molar refractivity (Wildman–Crippen MR) is 66.9 cm³/mol. The summed E-state index contributed by atoms with van der Waals surface area (Å²) in [5, 5.41) is 9.93. The number of anilines is 1. The number of nitrogens with zero attached hydrogens (tertiary/aromatic N) is 2. The number of carboxylic acid groups (broad SMARTS) is 1. The standard InChI is InChI=1S/C12H16N2O2S/c1-7-10(11(15)16)17-12(13-7)14-5-8-3-2-4-9(8)6-14/h8-9H,2-6H2,1H3,(H,15,16). The van der Waals surface area contributed by atoms with E-state index in [0.29, 0.717) is 10.6 Å². The topological polar surface area (TPSA) is 53.4 Å². The van der Waals surface area contributed by atoms with Gasteiger partial charge in [0.1, 0.15) is 4.88 Å². The van der Waals surface area contributed by atoms with Gasteiger partial charge in [0.05, 0.1) is 5.69 Å². The summed E-state index contributed by atoms with van der Waals surface area (Å²) in [6.45, 7) is 3.91. The van der Waals surface area contributed by atoms with Gasteiger partial charge in [0.15, 0.2) is 5.13 Å². The minimum atomic E-state index is -0.856. The second-order valence-corrected chi connectivity index (χ2v) is 6.05. The maximum Gasteiger partial charge on any atom is 0.347 e. The van der Waals surface area contributed by atoms with Crippen molar-refractivity contribution in [1.82, 2.24) is 4.98 Å². The van der Waals surface area contributed by atoms with Crippen molar-refractivity contribution >= 4 is 22.4 Å². The molecule has 4 nitrogen and oxygen atoms in total. The van der Waals surface area contributed by atoms with Crippen molar-refractivity contribution in [3.8, 4) is 0 Å². The average Bonchev–Trinajstić information content (AvgIpc) is 2.88. The zero-order chi connectivity index (χ0) is 12.0. The average molecular weight is 252 g/mol. The van der Waals surface area contributed by atoms with E-state index < -0.39 is 5.97 Å². The first-order valence-corrected chi connectivity index (χ1v) is 6.92. The van der Waals surface area contributed by atoms with Crippen LogP contribution in [-0.4, -0.2) is 29.1 Å². The molecule has 1 aromatic rings. The van der Waals surface area contributed by atoms with Gasteiger partial charge in [-0.15, -0.1) is 0 Å². The summed E-state index contributed by atoms with van der Waals surface area (Å²) in [5.74, 6) is 0.769. The molecule has 0 aromatic carbocycles. The normalized spacial score (nSPS) is 27.5. The minimum Gasteiger partial charge on any atom is -0.477 e. The maximum atomic E-state index is 11.0. The number of fused-ring (bicyclic) bond motifs is 1. The van der Waals surface area contributed by atoms with Gasteiger partial charge in [-0.25, -0.2) is 9.78 Å². The van der Waals surface area contributed by atoms with Gasteiger partial charge in [0.25, 0.3) is 0 Å². The zero-order valence-corrected chi connectivity index (χ0v) is 10.7. The van der Waals surface area contributed by atoms with E-state index in [1.165, 1.54) is 30.6 Å². The van der Waals surface area contributed by atoms with Gasteiger partial charge in [-0.2, -0.15) is 0 Å². The van der Waals surface area contributed by atoms with Crippen molar-refractivity contribution < 1.29 is 9.90 Å². The molecule has 2 heterocycles. The van der Waals surface area contributed by atoms with Gasteiger partial charge in [0.2, 0.25) is 0 Å². The maximum absolute atomic E-state index is 11.0. The third-order valence-electron chi connectivity index (χ3n) is 3.98. The molecular formula is C12H16N2O2S. The number of aryl methyl sites for hydroxylation is 1. The monoisotopic (exact) mass is 252 g/mol. The van der Waals surface area contributed by atoms with Crippen molar-refractivity contribution in [2.75, 3.05) is 18.0 Å². The molecule has 0 radical (unpaired) electrons. The Morgan fingerprint density at radius 1 is 1.41 bits per heavy atom. The number of hydrogen-bond acceptors (Lipinski definition) is 4. The molecule has 0 spiro atoms. The molecule has 1 saturated carbocycles. The lowest BCUT2D eigenvalue weighted by Crippen LogP contribution is -2.20. The van der Waals surface area contributed by atoms with Crippen molar-refractivity contribution in [2.24, 2.45) is 11.8 Å². The highest BCUT2D eigenvalue weighted by Gasteiger charge is 2.37. The first-order chi connectivity index (χ1) is 8.15. The molecule has 1 aromatic heterocycles. The summed E-state index contributed by atoms with van der Waals surface area (Å²) >= 11 is 1.32. The highest BCUT2D eigenvalue weighted by atomic mass is 32.1. The molecular weight excluding hydrogens is 236 g/mol. The molecule has 0 bridgehead atoms. The van der Waals surface area contributed by atoms with Gasteiger partial charge in [-0.3, -0.25) is 0 Å². The van der Waals surface area contributed by atoms with Crippen LogP contribution in [0.15, 0.2) is 0 Å². The molecule has 2 fully saturated rings. The highest BCUT2D eigenvalue weighted by Crippen LogP contribution is 2.40. The summed E-state index contributed by atoms with van der Waals surface area (Å²) in [7, 11) is 0. The second kappa shape index (κ2) is 3.98. The first kappa shape index (κ1) is 11.0. The Morgan fingerprint density at radius 3 is 2.59 bits per heavy atom. The quantitative estimate of drug-likeness (QED) is 0.878. The van der Waals surface area contributed by atoms with E-state index in [4.69, 9.17) is 5.11 Å². The summed E-state index contributed by atoms with van der Waals surface area (Å²) in [4.78, 5) is 18.1. The van der Waals surface area contributed by atoms with Crippen LogP contribution in [0, 0.1) is 18.8 Å². The molecule has 3 rings (SSSR count). The molecule has 2 unspecified atom stereocenters. The Hall–Kier alpha value is -1.10. The predicted octanol–water partition coefficient (Wildman–Crippen LogP) is 2.39. The van der Waals surface area contributed by atoms with Crippen LogP contribution in [-0.2, 0) is 0 Å². The van der Waals surface area contributed by atoms with E-state index in [-0.39, 0.29) is 0 Å². The van der Waals surface area contributed by atoms with Gasteiger partial charge < -0.3 is 10.0 Å². The zero-order valence-electron chi connectivity index (χ0n) is 9.85. The fourth-order valence-corrected chi connectivity index (χ4v) is 4.03. The van der Waals surface area contributed by atoms with E-state index in [1.807, 2.05) is 0 Å². The molecule has 2 aliphatic rings. The fourth-order valence-electron chi connectivity index (χ4n) is 3.11. The molecule has 5 heteroatoms. The summed E-state index contributed by atoms with van der Waals surface area (Å²) < 4.78 is 0. The third kappa shape index (κ3) is 1.82. The molecule has 17 heavy (non-hydrogen) atoms. The Labute approximate surface area is 104 Å². The van der Waals surface area contributed by atoms with Crippen molar-refractivity contribution in [2.45, 2.75) is 26.2 Å². The molecule has 1 N–H and O–H groups in total. The van der Waals surface area contributed by atoms with Crippen LogP contribution in [0.1, 0.15) is 34.6 Å². The Kier molecular flexibility index (Phi) is 2.58. The smallest absolute Gasteiger partial charge is 0.347 e. The number of carboxylic acids is 1. The lowest BCUT2D eigenvalue weighted by Gasteiger charge is -2.15. The lowest BCUT2D eigenvalue weighted by atomic mass is 10.0. The summed E-state index contributed by atoms with van der Waals surface area (Å²) in [6, 6.07) is 0. The Balaban J connectivity index is 1.81. The number of carbonyl (C=O) groups is 1. The van der Waals surface area contributed by atoms with E-state index >= 15 is 0 Å². The SMILES string of the molecule is Cc1nc(N2CC3CCCC3C2)sc1C(=O)O. The number of hydrogen-bond donors (Lipinski definition) is 1. The first-order valence-electron chi connectivity index (χ1n) is 6.11. The molecule has 1 aliphatic heterocycles. The number of aromatic nitrogens is 1. The van der Waals surface area contributed by atoms with Crippen LogP contribution in [0.2, 0.25) is 0 Å². The van der Waals surface area contributed by atoms with E-state index in [0.717, 1.165) is 30.1 Å². The molecule has 1 aliphatic carbocycles. The fraction of sp³-hybridized carbons (Fsp3) is 0.667. The highest BCUT2D eigenvalue weighted by molar-refractivity contribution is 7.17. The number of aromatic carboxylic acids is 1. The summed E-state index contributed by atoms with van der Waals surface area (Å²) in [5.41, 5.74) is 0.648. The van der Waals surface area contributed by atoms with Crippen LogP contribution >= 0.6 is 11.3 Å². The Morgan fingerprint density at radius 2 is 2.06 bits per heavy atom. The van der Waals surface area contributed by atoms with E-state index in [2.05, 4.69) is 9.88 Å². The van der Waals surface area contributed by atoms with Gasteiger partial charge >= 0.3 is 5.97 Å². The summed E-state index contributed by atoms with van der Waals surface area (Å²) in [6.07, 6.45) is 4.02. The molecule has 2 atom stereocenters. The van der Waals surface area contributed by atoms with E-state index in [9.17, 15) is 4.79 Å². The molecule has 92 valence electrons.